The van der Waals surface area contributed by atoms with Crippen molar-refractivity contribution in [1.29, 1.82) is 0 Å². The van der Waals surface area contributed by atoms with Crippen LogP contribution in [0.5, 0.6) is 0 Å². The molecule has 4 aromatic rings. The lowest BCUT2D eigenvalue weighted by molar-refractivity contribution is 0.0955. The van der Waals surface area contributed by atoms with Gasteiger partial charge in [-0.3, -0.25) is 4.79 Å². The fourth-order valence-electron chi connectivity index (χ4n) is 2.89. The summed E-state index contributed by atoms with van der Waals surface area (Å²) >= 11 is 5.89. The largest absolute Gasteiger partial charge is 0.271 e. The van der Waals surface area contributed by atoms with Crippen LogP contribution in [0.15, 0.2) is 84.0 Å². The Hall–Kier alpha value is -3.84. The molecule has 0 atom stereocenters. The van der Waals surface area contributed by atoms with Crippen molar-refractivity contribution in [1.82, 2.24) is 25.6 Å². The van der Waals surface area contributed by atoms with Crippen LogP contribution in [0.2, 0.25) is 5.02 Å². The van der Waals surface area contributed by atoms with Crippen LogP contribution in [0.1, 0.15) is 28.4 Å². The van der Waals surface area contributed by atoms with Gasteiger partial charge in [-0.15, -0.1) is 10.2 Å². The van der Waals surface area contributed by atoms with E-state index in [9.17, 15) is 4.79 Å². The van der Waals surface area contributed by atoms with Crippen molar-refractivity contribution in [2.45, 2.75) is 13.5 Å². The van der Waals surface area contributed by atoms with Gasteiger partial charge in [0.25, 0.3) is 5.91 Å². The number of carbonyl (C=O) groups excluding carboxylic acids is 1. The van der Waals surface area contributed by atoms with Gasteiger partial charge in [0.15, 0.2) is 0 Å². The summed E-state index contributed by atoms with van der Waals surface area (Å²) in [6.07, 6.45) is 0. The molecule has 0 radical (unpaired) electrons. The van der Waals surface area contributed by atoms with Crippen LogP contribution in [0.3, 0.4) is 0 Å². The molecular weight excluding hydrogens is 412 g/mol. The monoisotopic (exact) mass is 430 g/mol. The van der Waals surface area contributed by atoms with Crippen LogP contribution >= 0.6 is 11.6 Å². The Morgan fingerprint density at radius 2 is 1.65 bits per heavy atom. The molecular formula is C23H19ClN6O. The number of nitrogens with one attached hydrogen (secondary N) is 1. The van der Waals surface area contributed by atoms with Crippen LogP contribution < -0.4 is 5.43 Å². The minimum absolute atomic E-state index is 0.287. The van der Waals surface area contributed by atoms with Crippen LogP contribution in [0.25, 0.3) is 11.4 Å². The van der Waals surface area contributed by atoms with E-state index in [-0.39, 0.29) is 5.91 Å². The summed E-state index contributed by atoms with van der Waals surface area (Å²) in [6, 6.07) is 24.1. The Morgan fingerprint density at radius 3 is 2.35 bits per heavy atom. The average Bonchev–Trinajstić information content (AvgIpc) is 3.27. The first-order valence-corrected chi connectivity index (χ1v) is 9.99. The first-order valence-electron chi connectivity index (χ1n) is 9.61. The van der Waals surface area contributed by atoms with E-state index in [1.54, 1.807) is 24.3 Å². The van der Waals surface area contributed by atoms with Crippen molar-refractivity contribution >= 4 is 23.2 Å². The highest BCUT2D eigenvalue weighted by molar-refractivity contribution is 6.30. The maximum absolute atomic E-state index is 12.4. The molecule has 7 nitrogen and oxygen atoms in total. The lowest BCUT2D eigenvalue weighted by atomic mass is 10.1. The number of halogens is 1. The predicted molar refractivity (Wildman–Crippen MR) is 120 cm³/mol. The maximum atomic E-state index is 12.4. The summed E-state index contributed by atoms with van der Waals surface area (Å²) < 4.78 is 0. The molecule has 154 valence electrons. The van der Waals surface area contributed by atoms with Crippen LogP contribution in [-0.2, 0) is 6.54 Å². The third-order valence-corrected chi connectivity index (χ3v) is 4.86. The molecule has 0 aliphatic rings. The van der Waals surface area contributed by atoms with Gasteiger partial charge in [0.1, 0.15) is 0 Å². The molecule has 1 N–H and O–H groups in total. The van der Waals surface area contributed by atoms with E-state index in [4.69, 9.17) is 11.6 Å². The van der Waals surface area contributed by atoms with Gasteiger partial charge in [0, 0.05) is 16.1 Å². The van der Waals surface area contributed by atoms with E-state index in [0.717, 1.165) is 16.7 Å². The standard InChI is InChI=1S/C23H19ClN6O/c1-16(18-11-13-21(24)14-12-18)25-27-23(31)20-9-7-17(8-10-20)15-30-28-22(26-29-30)19-5-3-2-4-6-19/h2-14H,15H2,1H3,(H,27,31)/b25-16+. The van der Waals surface area contributed by atoms with Gasteiger partial charge in [-0.25, -0.2) is 5.43 Å². The lowest BCUT2D eigenvalue weighted by Crippen LogP contribution is -2.19. The number of aromatic nitrogens is 4. The Kier molecular flexibility index (Phi) is 6.14. The number of rotatable bonds is 6. The second-order valence-corrected chi connectivity index (χ2v) is 7.29. The van der Waals surface area contributed by atoms with E-state index in [1.807, 2.05) is 61.5 Å². The highest BCUT2D eigenvalue weighted by atomic mass is 35.5. The predicted octanol–water partition coefficient (Wildman–Crippen LogP) is 4.20. The summed E-state index contributed by atoms with van der Waals surface area (Å²) in [5, 5.41) is 17.4. The topological polar surface area (TPSA) is 85.1 Å². The summed E-state index contributed by atoms with van der Waals surface area (Å²) in [5.74, 6) is 0.288. The van der Waals surface area contributed by atoms with Crippen molar-refractivity contribution in [2.75, 3.05) is 0 Å². The summed E-state index contributed by atoms with van der Waals surface area (Å²) in [4.78, 5) is 13.9. The first-order chi connectivity index (χ1) is 15.1. The molecule has 0 aliphatic heterocycles. The molecule has 1 heterocycles. The lowest BCUT2D eigenvalue weighted by Gasteiger charge is -2.05. The highest BCUT2D eigenvalue weighted by Gasteiger charge is 2.08. The van der Waals surface area contributed by atoms with Gasteiger partial charge >= 0.3 is 0 Å². The number of amides is 1. The fourth-order valence-corrected chi connectivity index (χ4v) is 3.02. The Morgan fingerprint density at radius 1 is 0.968 bits per heavy atom. The highest BCUT2D eigenvalue weighted by Crippen LogP contribution is 2.13. The van der Waals surface area contributed by atoms with Crippen LogP contribution in [-0.4, -0.2) is 31.8 Å². The molecule has 31 heavy (non-hydrogen) atoms. The van der Waals surface area contributed by atoms with Crippen molar-refractivity contribution in [2.24, 2.45) is 5.10 Å². The quantitative estimate of drug-likeness (QED) is 0.367. The van der Waals surface area contributed by atoms with Crippen LogP contribution in [0.4, 0.5) is 0 Å². The normalized spacial score (nSPS) is 11.4. The second-order valence-electron chi connectivity index (χ2n) is 6.85. The molecule has 0 saturated heterocycles. The van der Waals surface area contributed by atoms with E-state index in [2.05, 4.69) is 25.9 Å². The summed E-state index contributed by atoms with van der Waals surface area (Å²) in [6.45, 7) is 2.27. The molecule has 4 rings (SSSR count). The van der Waals surface area contributed by atoms with Gasteiger partial charge in [0.2, 0.25) is 5.82 Å². The molecule has 0 saturated carbocycles. The number of nitrogens with zero attached hydrogens (tertiary/aromatic N) is 5. The molecule has 0 unspecified atom stereocenters. The Labute approximate surface area is 184 Å². The second kappa shape index (κ2) is 9.32. The van der Waals surface area contributed by atoms with E-state index < -0.39 is 0 Å². The van der Waals surface area contributed by atoms with Crippen molar-refractivity contribution < 1.29 is 4.79 Å². The van der Waals surface area contributed by atoms with Gasteiger partial charge in [0.05, 0.1) is 12.3 Å². The molecule has 3 aromatic carbocycles. The van der Waals surface area contributed by atoms with Gasteiger partial charge in [-0.05, 0) is 47.5 Å². The molecule has 0 spiro atoms. The Bertz CT molecular complexity index is 1200. The van der Waals surface area contributed by atoms with E-state index in [1.165, 1.54) is 4.80 Å². The van der Waals surface area contributed by atoms with E-state index in [0.29, 0.717) is 28.7 Å². The van der Waals surface area contributed by atoms with Gasteiger partial charge in [-0.2, -0.15) is 9.90 Å². The van der Waals surface area contributed by atoms with E-state index >= 15 is 0 Å². The molecule has 0 fully saturated rings. The fraction of sp³-hybridized carbons (Fsp3) is 0.0870. The average molecular weight is 431 g/mol. The zero-order valence-corrected chi connectivity index (χ0v) is 17.5. The zero-order chi connectivity index (χ0) is 21.6. The minimum atomic E-state index is -0.287. The van der Waals surface area contributed by atoms with Crippen LogP contribution in [0, 0.1) is 0 Å². The molecule has 0 aliphatic carbocycles. The number of benzene rings is 3. The first kappa shape index (κ1) is 20.4. The zero-order valence-electron chi connectivity index (χ0n) is 16.7. The number of tetrazole rings is 1. The van der Waals surface area contributed by atoms with Crippen molar-refractivity contribution in [3.63, 3.8) is 0 Å². The SMILES string of the molecule is C/C(=N\NC(=O)c1ccc(Cn2nnc(-c3ccccc3)n2)cc1)c1ccc(Cl)cc1. The molecule has 1 amide bonds. The smallest absolute Gasteiger partial charge is 0.267 e. The maximum Gasteiger partial charge on any atom is 0.271 e. The molecule has 8 heteroatoms. The molecule has 1 aromatic heterocycles. The summed E-state index contributed by atoms with van der Waals surface area (Å²) in [7, 11) is 0. The van der Waals surface area contributed by atoms with Crippen molar-refractivity contribution in [3.05, 3.63) is 101 Å². The third kappa shape index (κ3) is 5.21. The Balaban J connectivity index is 1.38. The minimum Gasteiger partial charge on any atom is -0.267 e. The van der Waals surface area contributed by atoms with Gasteiger partial charge < -0.3 is 0 Å². The van der Waals surface area contributed by atoms with Gasteiger partial charge in [-0.1, -0.05) is 66.2 Å². The number of carbonyl (C=O) groups is 1. The van der Waals surface area contributed by atoms with Crippen molar-refractivity contribution in [3.8, 4) is 11.4 Å². The summed E-state index contributed by atoms with van der Waals surface area (Å²) in [5.41, 5.74) is 6.52. The third-order valence-electron chi connectivity index (χ3n) is 4.61. The number of hydrogen-bond donors (Lipinski definition) is 1. The molecule has 0 bridgehead atoms. The number of hydrogen-bond acceptors (Lipinski definition) is 5. The number of hydrazone groups is 1.